The minimum atomic E-state index is -0.420. The lowest BCUT2D eigenvalue weighted by Gasteiger charge is -2.16. The van der Waals surface area contributed by atoms with E-state index in [0.29, 0.717) is 34.0 Å². The Hall–Kier alpha value is -4.06. The number of rotatable bonds is 6. The van der Waals surface area contributed by atoms with Crippen molar-refractivity contribution in [1.82, 2.24) is 0 Å². The summed E-state index contributed by atoms with van der Waals surface area (Å²) >= 11 is 0. The fraction of sp³-hybridized carbons (Fsp3) is 0.154. The van der Waals surface area contributed by atoms with E-state index in [9.17, 15) is 9.59 Å². The SMILES string of the molecule is COc1cc(NC2=C(c3ccc(C)cc3)C(=O)N(c3ccc(C)cc3)C2=O)cc(OC)c1. The summed E-state index contributed by atoms with van der Waals surface area (Å²) in [5.74, 6) is 0.337. The molecule has 2 amide bonds. The third kappa shape index (κ3) is 3.95. The maximum atomic E-state index is 13.5. The highest BCUT2D eigenvalue weighted by molar-refractivity contribution is 6.46. The lowest BCUT2D eigenvalue weighted by molar-refractivity contribution is -0.120. The molecule has 0 saturated heterocycles. The quantitative estimate of drug-likeness (QED) is 0.576. The molecule has 6 heteroatoms. The smallest absolute Gasteiger partial charge is 0.282 e. The minimum absolute atomic E-state index is 0.203. The van der Waals surface area contributed by atoms with Crippen LogP contribution in [0.1, 0.15) is 16.7 Å². The van der Waals surface area contributed by atoms with Crippen molar-refractivity contribution in [2.75, 3.05) is 24.4 Å². The highest BCUT2D eigenvalue weighted by atomic mass is 16.5. The molecular formula is C26H24N2O4. The van der Waals surface area contributed by atoms with Crippen molar-refractivity contribution in [3.05, 3.63) is 89.1 Å². The topological polar surface area (TPSA) is 67.9 Å². The highest BCUT2D eigenvalue weighted by Crippen LogP contribution is 2.35. The molecule has 1 heterocycles. The van der Waals surface area contributed by atoms with Gasteiger partial charge in [-0.2, -0.15) is 0 Å². The molecule has 1 aliphatic rings. The number of hydrogen-bond acceptors (Lipinski definition) is 5. The van der Waals surface area contributed by atoms with Crippen LogP contribution in [0.3, 0.4) is 0 Å². The van der Waals surface area contributed by atoms with Crippen molar-refractivity contribution >= 4 is 28.8 Å². The van der Waals surface area contributed by atoms with Crippen LogP contribution in [0.15, 0.2) is 72.4 Å². The van der Waals surface area contributed by atoms with E-state index in [4.69, 9.17) is 9.47 Å². The molecule has 3 aromatic rings. The summed E-state index contributed by atoms with van der Waals surface area (Å²) in [6.45, 7) is 3.93. The van der Waals surface area contributed by atoms with Crippen LogP contribution in [0, 0.1) is 13.8 Å². The largest absolute Gasteiger partial charge is 0.497 e. The summed E-state index contributed by atoms with van der Waals surface area (Å²) < 4.78 is 10.7. The van der Waals surface area contributed by atoms with Gasteiger partial charge >= 0.3 is 0 Å². The van der Waals surface area contributed by atoms with Crippen LogP contribution in [0.2, 0.25) is 0 Å². The Balaban J connectivity index is 1.82. The second-order valence-electron chi connectivity index (χ2n) is 7.62. The molecule has 0 fully saturated rings. The van der Waals surface area contributed by atoms with Gasteiger partial charge in [-0.3, -0.25) is 9.59 Å². The summed E-state index contributed by atoms with van der Waals surface area (Å²) in [5, 5.41) is 3.15. The number of amides is 2. The molecule has 3 aromatic carbocycles. The molecule has 0 aliphatic carbocycles. The van der Waals surface area contributed by atoms with Gasteiger partial charge in [-0.1, -0.05) is 47.5 Å². The Morgan fingerprint density at radius 1 is 0.719 bits per heavy atom. The van der Waals surface area contributed by atoms with Crippen molar-refractivity contribution in [2.24, 2.45) is 0 Å². The maximum Gasteiger partial charge on any atom is 0.282 e. The van der Waals surface area contributed by atoms with E-state index in [1.807, 2.05) is 50.2 Å². The lowest BCUT2D eigenvalue weighted by Crippen LogP contribution is -2.32. The van der Waals surface area contributed by atoms with Crippen LogP contribution in [0.4, 0.5) is 11.4 Å². The van der Waals surface area contributed by atoms with Crippen molar-refractivity contribution in [3.63, 3.8) is 0 Å². The predicted molar refractivity (Wildman–Crippen MR) is 125 cm³/mol. The van der Waals surface area contributed by atoms with Crippen LogP contribution in [0.25, 0.3) is 5.57 Å². The number of carbonyl (C=O) groups is 2. The molecule has 4 rings (SSSR count). The van der Waals surface area contributed by atoms with Gasteiger partial charge in [0.05, 0.1) is 25.5 Å². The number of methoxy groups -OCH3 is 2. The van der Waals surface area contributed by atoms with Crippen LogP contribution >= 0.6 is 0 Å². The summed E-state index contributed by atoms with van der Waals surface area (Å²) in [6, 6.07) is 20.1. The van der Waals surface area contributed by atoms with Gasteiger partial charge in [0.2, 0.25) is 0 Å². The van der Waals surface area contributed by atoms with Crippen molar-refractivity contribution in [2.45, 2.75) is 13.8 Å². The first-order chi connectivity index (χ1) is 15.4. The van der Waals surface area contributed by atoms with Gasteiger partial charge in [-0.25, -0.2) is 4.90 Å². The molecule has 0 spiro atoms. The number of ether oxygens (including phenoxy) is 2. The number of nitrogens with zero attached hydrogens (tertiary/aromatic N) is 1. The third-order valence-corrected chi connectivity index (χ3v) is 5.34. The summed E-state index contributed by atoms with van der Waals surface area (Å²) in [5.41, 5.74) is 4.39. The van der Waals surface area contributed by atoms with E-state index in [0.717, 1.165) is 11.1 Å². The van der Waals surface area contributed by atoms with Gasteiger partial charge in [-0.05, 0) is 31.5 Å². The zero-order valence-corrected chi connectivity index (χ0v) is 18.4. The van der Waals surface area contributed by atoms with Crippen LogP contribution in [-0.4, -0.2) is 26.0 Å². The van der Waals surface area contributed by atoms with E-state index >= 15 is 0 Å². The van der Waals surface area contributed by atoms with Gasteiger partial charge in [0.1, 0.15) is 17.2 Å². The molecule has 1 N–H and O–H groups in total. The van der Waals surface area contributed by atoms with E-state index in [2.05, 4.69) is 5.32 Å². The first-order valence-corrected chi connectivity index (χ1v) is 10.2. The third-order valence-electron chi connectivity index (χ3n) is 5.34. The van der Waals surface area contributed by atoms with E-state index in [1.54, 1.807) is 44.6 Å². The summed E-state index contributed by atoms with van der Waals surface area (Å²) in [4.78, 5) is 28.2. The molecule has 162 valence electrons. The number of nitrogens with one attached hydrogen (secondary N) is 1. The van der Waals surface area contributed by atoms with E-state index in [-0.39, 0.29) is 11.6 Å². The van der Waals surface area contributed by atoms with Crippen LogP contribution in [-0.2, 0) is 9.59 Å². The van der Waals surface area contributed by atoms with Crippen molar-refractivity contribution < 1.29 is 19.1 Å². The molecule has 0 saturated carbocycles. The molecule has 0 bridgehead atoms. The fourth-order valence-corrected chi connectivity index (χ4v) is 3.59. The predicted octanol–water partition coefficient (Wildman–Crippen LogP) is 4.72. The second-order valence-corrected chi connectivity index (χ2v) is 7.62. The summed E-state index contributed by atoms with van der Waals surface area (Å²) in [7, 11) is 3.11. The Labute approximate surface area is 187 Å². The normalized spacial score (nSPS) is 13.6. The Morgan fingerprint density at radius 3 is 1.78 bits per heavy atom. The lowest BCUT2D eigenvalue weighted by atomic mass is 10.0. The van der Waals surface area contributed by atoms with Gasteiger partial charge in [-0.15, -0.1) is 0 Å². The minimum Gasteiger partial charge on any atom is -0.497 e. The second kappa shape index (κ2) is 8.59. The van der Waals surface area contributed by atoms with Crippen LogP contribution in [0.5, 0.6) is 11.5 Å². The Morgan fingerprint density at radius 2 is 1.25 bits per heavy atom. The maximum absolute atomic E-state index is 13.5. The molecule has 6 nitrogen and oxygen atoms in total. The monoisotopic (exact) mass is 428 g/mol. The first kappa shape index (κ1) is 21.2. The molecule has 32 heavy (non-hydrogen) atoms. The van der Waals surface area contributed by atoms with E-state index < -0.39 is 5.91 Å². The average Bonchev–Trinajstić information content (AvgIpc) is 3.04. The van der Waals surface area contributed by atoms with Gasteiger partial charge in [0.15, 0.2) is 0 Å². The highest BCUT2D eigenvalue weighted by Gasteiger charge is 2.40. The molecule has 0 atom stereocenters. The zero-order chi connectivity index (χ0) is 22.8. The molecule has 0 radical (unpaired) electrons. The van der Waals surface area contributed by atoms with Gasteiger partial charge < -0.3 is 14.8 Å². The fourth-order valence-electron chi connectivity index (χ4n) is 3.59. The first-order valence-electron chi connectivity index (χ1n) is 10.2. The number of anilines is 2. The van der Waals surface area contributed by atoms with Crippen LogP contribution < -0.4 is 19.7 Å². The number of aryl methyl sites for hydroxylation is 2. The molecule has 0 aromatic heterocycles. The van der Waals surface area contributed by atoms with Crippen molar-refractivity contribution in [3.8, 4) is 11.5 Å². The van der Waals surface area contributed by atoms with E-state index in [1.165, 1.54) is 4.90 Å². The average molecular weight is 428 g/mol. The van der Waals surface area contributed by atoms with Gasteiger partial charge in [0.25, 0.3) is 11.8 Å². The summed E-state index contributed by atoms with van der Waals surface area (Å²) in [6.07, 6.45) is 0. The number of carbonyl (C=O) groups excluding carboxylic acids is 2. The number of imide groups is 1. The standard InChI is InChI=1S/C26H24N2O4/c1-16-5-9-18(10-6-16)23-24(27-19-13-21(31-3)15-22(14-19)32-4)26(30)28(25(23)29)20-11-7-17(2)8-12-20/h5-15,27H,1-4H3. The van der Waals surface area contributed by atoms with Crippen molar-refractivity contribution in [1.29, 1.82) is 0 Å². The Bertz CT molecular complexity index is 1190. The van der Waals surface area contributed by atoms with Gasteiger partial charge in [0, 0.05) is 23.9 Å². The Kier molecular flexibility index (Phi) is 5.69. The zero-order valence-electron chi connectivity index (χ0n) is 18.4. The molecule has 0 unspecified atom stereocenters. The number of hydrogen-bond donors (Lipinski definition) is 1. The molecule has 1 aliphatic heterocycles. The number of benzene rings is 3. The molecular weight excluding hydrogens is 404 g/mol.